The van der Waals surface area contributed by atoms with Gasteiger partial charge in [-0.05, 0) is 37.6 Å². The van der Waals surface area contributed by atoms with E-state index in [4.69, 9.17) is 11.0 Å². The van der Waals surface area contributed by atoms with Crippen molar-refractivity contribution < 1.29 is 8.42 Å². The van der Waals surface area contributed by atoms with Gasteiger partial charge in [0.05, 0.1) is 17.2 Å². The lowest BCUT2D eigenvalue weighted by molar-refractivity contribution is 0.560. The average molecular weight is 281 g/mol. The second-order valence-electron chi connectivity index (χ2n) is 5.13. The largest absolute Gasteiger partial charge is 0.398 e. The molecule has 0 saturated heterocycles. The highest BCUT2D eigenvalue weighted by molar-refractivity contribution is 7.92. The van der Waals surface area contributed by atoms with E-state index in [1.54, 1.807) is 32.0 Å². The van der Waals surface area contributed by atoms with E-state index < -0.39 is 14.6 Å². The van der Waals surface area contributed by atoms with Crippen molar-refractivity contribution in [2.45, 2.75) is 25.0 Å². The predicted octanol–water partition coefficient (Wildman–Crippen LogP) is 1.57. The monoisotopic (exact) mass is 281 g/mol. The van der Waals surface area contributed by atoms with Crippen molar-refractivity contribution in [3.63, 3.8) is 0 Å². The van der Waals surface area contributed by atoms with Crippen LogP contribution in [-0.2, 0) is 16.3 Å². The number of rotatable bonds is 5. The molecule has 1 rings (SSSR count). The zero-order chi connectivity index (χ0) is 14.7. The molecule has 0 heterocycles. The van der Waals surface area contributed by atoms with Crippen molar-refractivity contribution in [2.75, 3.05) is 23.9 Å². The molecule has 0 aliphatic rings. The minimum Gasteiger partial charge on any atom is -0.398 e. The third-order valence-electron chi connectivity index (χ3n) is 3.13. The topological polar surface area (TPSA) is 96.0 Å². The van der Waals surface area contributed by atoms with Crippen LogP contribution in [0.15, 0.2) is 18.2 Å². The Kier molecular flexibility index (Phi) is 4.43. The first-order valence-corrected chi connectivity index (χ1v) is 7.75. The lowest BCUT2D eigenvalue weighted by Gasteiger charge is -2.23. The lowest BCUT2D eigenvalue weighted by Crippen LogP contribution is -2.38. The van der Waals surface area contributed by atoms with Crippen molar-refractivity contribution in [3.05, 3.63) is 23.8 Å². The van der Waals surface area contributed by atoms with E-state index in [-0.39, 0.29) is 6.42 Å². The van der Waals surface area contributed by atoms with Crippen LogP contribution in [0, 0.1) is 11.3 Å². The third kappa shape index (κ3) is 3.86. The number of sulfone groups is 1. The normalized spacial score (nSPS) is 11.9. The molecule has 0 atom stereocenters. The van der Waals surface area contributed by atoms with Crippen molar-refractivity contribution >= 4 is 21.2 Å². The van der Waals surface area contributed by atoms with Crippen LogP contribution in [0.2, 0.25) is 0 Å². The molecule has 0 spiro atoms. The third-order valence-corrected chi connectivity index (χ3v) is 5.29. The molecule has 6 heteroatoms. The molecule has 0 aliphatic heterocycles. The van der Waals surface area contributed by atoms with E-state index in [2.05, 4.69) is 5.32 Å². The Morgan fingerprint density at radius 2 is 2.05 bits per heavy atom. The Balaban J connectivity index is 2.85. The Hall–Kier alpha value is -1.74. The molecule has 3 N–H and O–H groups in total. The number of anilines is 2. The molecule has 0 bridgehead atoms. The van der Waals surface area contributed by atoms with Crippen LogP contribution in [0.3, 0.4) is 0 Å². The molecule has 1 aromatic carbocycles. The molecule has 1 aromatic rings. The second kappa shape index (κ2) is 5.49. The van der Waals surface area contributed by atoms with Crippen LogP contribution in [0.1, 0.15) is 19.4 Å². The summed E-state index contributed by atoms with van der Waals surface area (Å²) < 4.78 is 22.3. The minimum absolute atomic E-state index is 0.233. The Labute approximate surface area is 114 Å². The molecule has 0 fully saturated rings. The highest BCUT2D eigenvalue weighted by atomic mass is 32.2. The van der Waals surface area contributed by atoms with Crippen LogP contribution in [0.5, 0.6) is 0 Å². The van der Waals surface area contributed by atoms with Gasteiger partial charge in [-0.3, -0.25) is 0 Å². The van der Waals surface area contributed by atoms with Gasteiger partial charge in [0.25, 0.3) is 0 Å². The van der Waals surface area contributed by atoms with Crippen molar-refractivity contribution in [2.24, 2.45) is 0 Å². The fourth-order valence-corrected chi connectivity index (χ4v) is 1.73. The summed E-state index contributed by atoms with van der Waals surface area (Å²) in [5, 5.41) is 11.8. The van der Waals surface area contributed by atoms with E-state index >= 15 is 0 Å². The molecule has 0 saturated carbocycles. The van der Waals surface area contributed by atoms with Gasteiger partial charge in [-0.2, -0.15) is 5.26 Å². The fourth-order valence-electron chi connectivity index (χ4n) is 1.40. The summed E-state index contributed by atoms with van der Waals surface area (Å²) >= 11 is 0. The van der Waals surface area contributed by atoms with Gasteiger partial charge in [-0.1, -0.05) is 0 Å². The molecule has 104 valence electrons. The van der Waals surface area contributed by atoms with Gasteiger partial charge < -0.3 is 11.1 Å². The molecule has 0 radical (unpaired) electrons. The summed E-state index contributed by atoms with van der Waals surface area (Å²) in [5.41, 5.74) is 7.82. The Morgan fingerprint density at radius 3 is 2.58 bits per heavy atom. The standard InChI is InChI=1S/C13H19N3O2S/c1-13(2,19(3,17)18)9-16-11-4-5-12(15)10(8-11)6-7-14/h4-5,8,16H,6,9,15H2,1-3H3. The summed E-state index contributed by atoms with van der Waals surface area (Å²) in [4.78, 5) is 0. The van der Waals surface area contributed by atoms with Crippen molar-refractivity contribution in [3.8, 4) is 6.07 Å². The van der Waals surface area contributed by atoms with Crippen LogP contribution in [0.4, 0.5) is 11.4 Å². The van der Waals surface area contributed by atoms with Gasteiger partial charge in [-0.15, -0.1) is 0 Å². The Morgan fingerprint density at radius 1 is 1.42 bits per heavy atom. The molecular weight excluding hydrogens is 262 g/mol. The summed E-state index contributed by atoms with van der Waals surface area (Å²) in [6, 6.07) is 7.30. The van der Waals surface area contributed by atoms with Gasteiger partial charge in [0.1, 0.15) is 0 Å². The number of benzene rings is 1. The number of hydrogen-bond acceptors (Lipinski definition) is 5. The number of nitrogens with one attached hydrogen (secondary N) is 1. The van der Waals surface area contributed by atoms with E-state index in [0.29, 0.717) is 12.2 Å². The van der Waals surface area contributed by atoms with Gasteiger partial charge in [0.15, 0.2) is 9.84 Å². The summed E-state index contributed by atoms with van der Waals surface area (Å²) in [6.45, 7) is 3.63. The van der Waals surface area contributed by atoms with Crippen molar-refractivity contribution in [1.29, 1.82) is 5.26 Å². The quantitative estimate of drug-likeness (QED) is 0.799. The SMILES string of the molecule is CC(C)(CNc1ccc(N)c(CC#N)c1)S(C)(=O)=O. The number of nitriles is 1. The zero-order valence-corrected chi connectivity index (χ0v) is 12.2. The number of nitrogens with zero attached hydrogens (tertiary/aromatic N) is 1. The maximum Gasteiger partial charge on any atom is 0.154 e. The number of nitrogens with two attached hydrogens (primary N) is 1. The van der Waals surface area contributed by atoms with Crippen molar-refractivity contribution in [1.82, 2.24) is 0 Å². The summed E-state index contributed by atoms with van der Waals surface area (Å²) in [6.07, 6.45) is 1.45. The van der Waals surface area contributed by atoms with Gasteiger partial charge in [-0.25, -0.2) is 8.42 Å². The lowest BCUT2D eigenvalue weighted by atomic mass is 10.1. The molecular formula is C13H19N3O2S. The molecule has 0 amide bonds. The highest BCUT2D eigenvalue weighted by Gasteiger charge is 2.29. The highest BCUT2D eigenvalue weighted by Crippen LogP contribution is 2.21. The Bertz CT molecular complexity index is 601. The summed E-state index contributed by atoms with van der Waals surface area (Å²) in [5.74, 6) is 0. The minimum atomic E-state index is -3.14. The number of nitrogen functional groups attached to an aromatic ring is 1. The van der Waals surface area contributed by atoms with Crippen LogP contribution in [-0.4, -0.2) is 26.0 Å². The van der Waals surface area contributed by atoms with E-state index in [1.807, 2.05) is 6.07 Å². The fraction of sp³-hybridized carbons (Fsp3) is 0.462. The number of hydrogen-bond donors (Lipinski definition) is 2. The van der Waals surface area contributed by atoms with Gasteiger partial charge >= 0.3 is 0 Å². The molecule has 0 aliphatic carbocycles. The van der Waals surface area contributed by atoms with Crippen LogP contribution >= 0.6 is 0 Å². The van der Waals surface area contributed by atoms with E-state index in [9.17, 15) is 8.42 Å². The second-order valence-corrected chi connectivity index (χ2v) is 7.78. The maximum atomic E-state index is 11.6. The average Bonchev–Trinajstić information content (AvgIpc) is 2.29. The first-order valence-electron chi connectivity index (χ1n) is 5.86. The zero-order valence-electron chi connectivity index (χ0n) is 11.4. The first-order chi connectivity index (χ1) is 8.67. The first kappa shape index (κ1) is 15.3. The summed E-state index contributed by atoms with van der Waals surface area (Å²) in [7, 11) is -3.14. The predicted molar refractivity (Wildman–Crippen MR) is 77.6 cm³/mol. The molecule has 0 aromatic heterocycles. The van der Waals surface area contributed by atoms with E-state index in [0.717, 1.165) is 11.3 Å². The van der Waals surface area contributed by atoms with E-state index in [1.165, 1.54) is 6.26 Å². The van der Waals surface area contributed by atoms with Gasteiger partial charge in [0.2, 0.25) is 0 Å². The van der Waals surface area contributed by atoms with Crippen LogP contribution in [0.25, 0.3) is 0 Å². The molecule has 5 nitrogen and oxygen atoms in total. The maximum absolute atomic E-state index is 11.6. The van der Waals surface area contributed by atoms with Crippen LogP contribution < -0.4 is 11.1 Å². The molecule has 0 unspecified atom stereocenters. The smallest absolute Gasteiger partial charge is 0.154 e. The molecule has 19 heavy (non-hydrogen) atoms. The van der Waals surface area contributed by atoms with Gasteiger partial charge in [0, 0.05) is 24.2 Å².